The van der Waals surface area contributed by atoms with E-state index >= 15 is 0 Å². The zero-order valence-electron chi connectivity index (χ0n) is 13.6. The van der Waals surface area contributed by atoms with Crippen LogP contribution in [-0.2, 0) is 14.3 Å². The molecule has 4 nitrogen and oxygen atoms in total. The maximum absolute atomic E-state index is 12.3. The maximum Gasteiger partial charge on any atom is 0.311 e. The number of hydrogen-bond acceptors (Lipinski definition) is 4. The zero-order chi connectivity index (χ0) is 15.2. The number of fused-ring (bicyclic) bond motifs is 3. The van der Waals surface area contributed by atoms with Crippen LogP contribution in [0.15, 0.2) is 11.6 Å². The fraction of sp³-hybridized carbons (Fsp3) is 0.824. The average molecular weight is 293 g/mol. The van der Waals surface area contributed by atoms with Crippen LogP contribution in [0.25, 0.3) is 0 Å². The lowest BCUT2D eigenvalue weighted by Crippen LogP contribution is -2.34. The van der Waals surface area contributed by atoms with Crippen molar-refractivity contribution in [2.24, 2.45) is 11.8 Å². The van der Waals surface area contributed by atoms with E-state index in [0.717, 1.165) is 32.2 Å². The molecule has 1 unspecified atom stereocenters. The van der Waals surface area contributed by atoms with Crippen LogP contribution in [0.3, 0.4) is 0 Å². The third-order valence-corrected chi connectivity index (χ3v) is 5.30. The lowest BCUT2D eigenvalue weighted by Gasteiger charge is -2.23. The number of nitrogens with zero attached hydrogens (tertiary/aromatic N) is 1. The Labute approximate surface area is 127 Å². The van der Waals surface area contributed by atoms with Gasteiger partial charge in [0.2, 0.25) is 0 Å². The van der Waals surface area contributed by atoms with E-state index in [9.17, 15) is 4.79 Å². The highest BCUT2D eigenvalue weighted by molar-refractivity contribution is 5.75. The molecule has 21 heavy (non-hydrogen) atoms. The Bertz CT molecular complexity index is 459. The first-order chi connectivity index (χ1) is 9.90. The molecule has 0 aromatic rings. The van der Waals surface area contributed by atoms with Gasteiger partial charge in [0.15, 0.2) is 0 Å². The molecule has 0 amide bonds. The van der Waals surface area contributed by atoms with E-state index in [4.69, 9.17) is 9.47 Å². The predicted octanol–water partition coefficient (Wildman–Crippen LogP) is 2.38. The number of rotatable bonds is 2. The molecule has 2 saturated heterocycles. The van der Waals surface area contributed by atoms with E-state index in [-0.39, 0.29) is 35.6 Å². The average Bonchev–Trinajstić information content (AvgIpc) is 2.97. The van der Waals surface area contributed by atoms with Crippen molar-refractivity contribution >= 4 is 5.97 Å². The van der Waals surface area contributed by atoms with Gasteiger partial charge in [-0.2, -0.15) is 0 Å². The maximum atomic E-state index is 12.3. The number of epoxide rings is 1. The molecule has 2 aliphatic heterocycles. The van der Waals surface area contributed by atoms with Crippen molar-refractivity contribution in [1.29, 1.82) is 0 Å². The first-order valence-electron chi connectivity index (χ1n) is 8.09. The van der Waals surface area contributed by atoms with Crippen molar-refractivity contribution in [3.8, 4) is 0 Å². The smallest absolute Gasteiger partial charge is 0.311 e. The molecule has 4 heteroatoms. The summed E-state index contributed by atoms with van der Waals surface area (Å²) in [5.41, 5.74) is 1.34. The predicted molar refractivity (Wildman–Crippen MR) is 80.9 cm³/mol. The SMILES string of the molecule is CC1=CCC[C@@]2(C)O[C@@H]2[C@H]2OC(=O)C(CN(C)C)[C@@H]2CC1. The highest BCUT2D eigenvalue weighted by Gasteiger charge is 2.62. The van der Waals surface area contributed by atoms with Crippen LogP contribution in [-0.4, -0.2) is 49.3 Å². The molecule has 5 atom stereocenters. The van der Waals surface area contributed by atoms with E-state index < -0.39 is 0 Å². The van der Waals surface area contributed by atoms with Crippen LogP contribution in [0.4, 0.5) is 0 Å². The van der Waals surface area contributed by atoms with Crippen LogP contribution >= 0.6 is 0 Å². The van der Waals surface area contributed by atoms with E-state index in [1.165, 1.54) is 5.57 Å². The molecule has 118 valence electrons. The van der Waals surface area contributed by atoms with Crippen molar-refractivity contribution in [3.63, 3.8) is 0 Å². The van der Waals surface area contributed by atoms with Gasteiger partial charge in [-0.05, 0) is 53.6 Å². The molecule has 0 saturated carbocycles. The summed E-state index contributed by atoms with van der Waals surface area (Å²) in [6.45, 7) is 5.13. The number of allylic oxidation sites excluding steroid dienone is 2. The summed E-state index contributed by atoms with van der Waals surface area (Å²) in [5.74, 6) is 0.247. The molecule has 2 heterocycles. The van der Waals surface area contributed by atoms with Crippen molar-refractivity contribution in [2.45, 2.75) is 57.3 Å². The Balaban J connectivity index is 1.83. The molecular weight excluding hydrogens is 266 g/mol. The summed E-state index contributed by atoms with van der Waals surface area (Å²) < 4.78 is 11.7. The van der Waals surface area contributed by atoms with Gasteiger partial charge < -0.3 is 14.4 Å². The van der Waals surface area contributed by atoms with Gasteiger partial charge in [0.1, 0.15) is 12.2 Å². The molecule has 0 radical (unpaired) electrons. The molecule has 0 aromatic carbocycles. The number of esters is 1. The number of carbonyl (C=O) groups excluding carboxylic acids is 1. The Hall–Kier alpha value is -0.870. The highest BCUT2D eigenvalue weighted by atomic mass is 16.6. The van der Waals surface area contributed by atoms with Crippen LogP contribution in [0.5, 0.6) is 0 Å². The second-order valence-electron chi connectivity index (χ2n) is 7.41. The van der Waals surface area contributed by atoms with Gasteiger partial charge >= 0.3 is 5.97 Å². The lowest BCUT2D eigenvalue weighted by atomic mass is 9.80. The van der Waals surface area contributed by atoms with Crippen molar-refractivity contribution in [2.75, 3.05) is 20.6 Å². The molecule has 0 aromatic heterocycles. The Morgan fingerprint density at radius 1 is 1.43 bits per heavy atom. The first-order valence-corrected chi connectivity index (χ1v) is 8.09. The number of ether oxygens (including phenoxy) is 2. The van der Waals surface area contributed by atoms with Crippen LogP contribution in [0.2, 0.25) is 0 Å². The fourth-order valence-corrected chi connectivity index (χ4v) is 3.94. The minimum Gasteiger partial charge on any atom is -0.459 e. The monoisotopic (exact) mass is 293 g/mol. The number of carbonyl (C=O) groups is 1. The van der Waals surface area contributed by atoms with Gasteiger partial charge in [0, 0.05) is 12.5 Å². The van der Waals surface area contributed by atoms with Crippen LogP contribution in [0.1, 0.15) is 39.5 Å². The van der Waals surface area contributed by atoms with Crippen molar-refractivity contribution in [3.05, 3.63) is 11.6 Å². The largest absolute Gasteiger partial charge is 0.459 e. The van der Waals surface area contributed by atoms with Crippen molar-refractivity contribution in [1.82, 2.24) is 4.90 Å². The third kappa shape index (κ3) is 2.88. The zero-order valence-corrected chi connectivity index (χ0v) is 13.6. The summed E-state index contributed by atoms with van der Waals surface area (Å²) >= 11 is 0. The Kier molecular flexibility index (Phi) is 3.87. The normalized spacial score (nSPS) is 42.9. The molecule has 2 fully saturated rings. The van der Waals surface area contributed by atoms with E-state index in [2.05, 4.69) is 24.8 Å². The van der Waals surface area contributed by atoms with E-state index in [0.29, 0.717) is 0 Å². The summed E-state index contributed by atoms with van der Waals surface area (Å²) in [6.07, 6.45) is 6.56. The second kappa shape index (κ2) is 5.40. The van der Waals surface area contributed by atoms with Gasteiger partial charge in [0.25, 0.3) is 0 Å². The molecule has 0 bridgehead atoms. The van der Waals surface area contributed by atoms with Crippen LogP contribution in [0, 0.1) is 11.8 Å². The second-order valence-corrected chi connectivity index (χ2v) is 7.41. The first kappa shape index (κ1) is 15.0. The molecular formula is C17H27NO3. The van der Waals surface area contributed by atoms with Gasteiger partial charge in [-0.15, -0.1) is 0 Å². The lowest BCUT2D eigenvalue weighted by molar-refractivity contribution is -0.145. The van der Waals surface area contributed by atoms with E-state index in [1.54, 1.807) is 0 Å². The van der Waals surface area contributed by atoms with Gasteiger partial charge in [-0.1, -0.05) is 11.6 Å². The molecule has 1 aliphatic carbocycles. The van der Waals surface area contributed by atoms with Gasteiger partial charge in [0.05, 0.1) is 11.5 Å². The third-order valence-electron chi connectivity index (χ3n) is 5.30. The molecule has 0 spiro atoms. The number of hydrogen-bond donors (Lipinski definition) is 0. The highest BCUT2D eigenvalue weighted by Crippen LogP contribution is 2.50. The summed E-state index contributed by atoms with van der Waals surface area (Å²) in [5, 5.41) is 0. The minimum absolute atomic E-state index is 0.00863. The van der Waals surface area contributed by atoms with E-state index in [1.807, 2.05) is 14.1 Å². The topological polar surface area (TPSA) is 42.1 Å². The van der Waals surface area contributed by atoms with Gasteiger partial charge in [-0.25, -0.2) is 0 Å². The standard InChI is InChI=1S/C17H27NO3/c1-11-6-5-9-17(2)15(21-17)14-12(8-7-11)13(10-18(3)4)16(19)20-14/h6,12-15H,5,7-10H2,1-4H3/t12-,13?,14-,15+,17+/m0/s1. The minimum atomic E-state index is -0.0929. The van der Waals surface area contributed by atoms with Gasteiger partial charge in [-0.3, -0.25) is 4.79 Å². The Morgan fingerprint density at radius 3 is 2.90 bits per heavy atom. The molecule has 3 rings (SSSR count). The van der Waals surface area contributed by atoms with Crippen LogP contribution < -0.4 is 0 Å². The molecule has 3 aliphatic rings. The summed E-state index contributed by atoms with van der Waals surface area (Å²) in [7, 11) is 4.04. The Morgan fingerprint density at radius 2 is 2.19 bits per heavy atom. The quantitative estimate of drug-likeness (QED) is 0.445. The molecule has 0 N–H and O–H groups in total. The summed E-state index contributed by atoms with van der Waals surface area (Å²) in [4.78, 5) is 14.4. The summed E-state index contributed by atoms with van der Waals surface area (Å²) in [6, 6.07) is 0. The van der Waals surface area contributed by atoms with Crippen molar-refractivity contribution < 1.29 is 14.3 Å². The fourth-order valence-electron chi connectivity index (χ4n) is 3.94.